The quantitative estimate of drug-likeness (QED) is 0.626. The van der Waals surface area contributed by atoms with Crippen LogP contribution in [0.3, 0.4) is 0 Å². The van der Waals surface area contributed by atoms with Gasteiger partial charge in [0, 0.05) is 4.90 Å². The Labute approximate surface area is 109 Å². The lowest BCUT2D eigenvalue weighted by Gasteiger charge is -2.21. The summed E-state index contributed by atoms with van der Waals surface area (Å²) in [6.45, 7) is 4.08. The van der Waals surface area contributed by atoms with Gasteiger partial charge in [0.1, 0.15) is 11.5 Å². The van der Waals surface area contributed by atoms with Crippen molar-refractivity contribution in [1.29, 1.82) is 0 Å². The van der Waals surface area contributed by atoms with Crippen molar-refractivity contribution < 1.29 is 9.59 Å². The summed E-state index contributed by atoms with van der Waals surface area (Å²) in [6, 6.07) is 8.17. The first kappa shape index (κ1) is 12.8. The molecule has 2 amide bonds. The van der Waals surface area contributed by atoms with Crippen LogP contribution in [0.1, 0.15) is 18.9 Å². The molecule has 4 nitrogen and oxygen atoms in total. The highest BCUT2D eigenvalue weighted by atomic mass is 32.2. The van der Waals surface area contributed by atoms with Gasteiger partial charge in [-0.2, -0.15) is 0 Å². The number of amides is 2. The maximum Gasteiger partial charge on any atom is 0.235 e. The van der Waals surface area contributed by atoms with Gasteiger partial charge in [-0.05, 0) is 24.8 Å². The van der Waals surface area contributed by atoms with E-state index in [1.807, 2.05) is 38.1 Å². The van der Waals surface area contributed by atoms with Crippen molar-refractivity contribution in [3.05, 3.63) is 29.8 Å². The third-order valence-corrected chi connectivity index (χ3v) is 4.78. The Morgan fingerprint density at radius 3 is 2.17 bits per heavy atom. The first-order valence-electron chi connectivity index (χ1n) is 5.84. The van der Waals surface area contributed by atoms with Gasteiger partial charge in [-0.3, -0.25) is 9.59 Å². The SMILES string of the molecule is CCS(=C1NC(=O)CC(=O)N1)c1ccc(C)cc1. The molecule has 1 aliphatic heterocycles. The minimum absolute atomic E-state index is 0.0850. The molecule has 0 aliphatic carbocycles. The number of carbonyl (C=O) groups is 2. The normalized spacial score (nSPS) is 17.1. The molecular formula is C13H16N2O2S. The Kier molecular flexibility index (Phi) is 3.81. The van der Waals surface area contributed by atoms with Crippen molar-refractivity contribution in [3.8, 4) is 0 Å². The van der Waals surface area contributed by atoms with Crippen molar-refractivity contribution in [2.75, 3.05) is 5.75 Å². The van der Waals surface area contributed by atoms with Gasteiger partial charge in [0.2, 0.25) is 11.8 Å². The summed E-state index contributed by atoms with van der Waals surface area (Å²) in [4.78, 5) is 23.9. The fraction of sp³-hybridized carbons (Fsp3) is 0.308. The molecule has 1 heterocycles. The minimum atomic E-state index is -0.278. The monoisotopic (exact) mass is 264 g/mol. The summed E-state index contributed by atoms with van der Waals surface area (Å²) in [5, 5.41) is 6.17. The summed E-state index contributed by atoms with van der Waals surface area (Å²) in [7, 11) is -0.278. The van der Waals surface area contributed by atoms with E-state index < -0.39 is 0 Å². The topological polar surface area (TPSA) is 58.2 Å². The molecule has 0 aromatic heterocycles. The molecule has 1 aromatic rings. The number of aryl methyl sites for hydroxylation is 1. The van der Waals surface area contributed by atoms with Gasteiger partial charge in [-0.1, -0.05) is 24.6 Å². The summed E-state index contributed by atoms with van der Waals surface area (Å²) in [5.41, 5.74) is 1.19. The van der Waals surface area contributed by atoms with E-state index in [1.165, 1.54) is 5.56 Å². The van der Waals surface area contributed by atoms with Gasteiger partial charge in [0.05, 0.1) is 0 Å². The van der Waals surface area contributed by atoms with Gasteiger partial charge >= 0.3 is 0 Å². The van der Waals surface area contributed by atoms with E-state index >= 15 is 0 Å². The van der Waals surface area contributed by atoms with E-state index in [0.717, 1.165) is 10.6 Å². The van der Waals surface area contributed by atoms with Crippen LogP contribution in [-0.2, 0) is 9.59 Å². The van der Waals surface area contributed by atoms with Crippen molar-refractivity contribution in [1.82, 2.24) is 10.6 Å². The molecule has 1 fully saturated rings. The summed E-state index contributed by atoms with van der Waals surface area (Å²) >= 11 is 0. The average molecular weight is 264 g/mol. The molecule has 5 heteroatoms. The zero-order valence-corrected chi connectivity index (χ0v) is 11.3. The molecule has 2 rings (SSSR count). The van der Waals surface area contributed by atoms with Gasteiger partial charge in [0.25, 0.3) is 0 Å². The van der Waals surface area contributed by atoms with Crippen LogP contribution in [0.2, 0.25) is 0 Å². The first-order chi connectivity index (χ1) is 8.60. The highest BCUT2D eigenvalue weighted by Gasteiger charge is 2.21. The van der Waals surface area contributed by atoms with Gasteiger partial charge < -0.3 is 10.6 Å². The van der Waals surface area contributed by atoms with Crippen molar-refractivity contribution in [2.24, 2.45) is 0 Å². The van der Waals surface area contributed by atoms with Gasteiger partial charge in [-0.15, -0.1) is 10.5 Å². The predicted octanol–water partition coefficient (Wildman–Crippen LogP) is 1.37. The zero-order valence-electron chi connectivity index (χ0n) is 10.4. The van der Waals surface area contributed by atoms with Crippen LogP contribution < -0.4 is 10.6 Å². The van der Waals surface area contributed by atoms with Gasteiger partial charge in [-0.25, -0.2) is 0 Å². The summed E-state index contributed by atoms with van der Waals surface area (Å²) < 4.78 is 0. The summed E-state index contributed by atoms with van der Waals surface area (Å²) in [6.07, 6.45) is -0.0850. The predicted molar refractivity (Wildman–Crippen MR) is 73.5 cm³/mol. The van der Waals surface area contributed by atoms with E-state index in [-0.39, 0.29) is 28.7 Å². The van der Waals surface area contributed by atoms with E-state index in [0.29, 0.717) is 5.11 Å². The number of hydrogen-bond donors (Lipinski definition) is 2. The Balaban J connectivity index is 2.39. The van der Waals surface area contributed by atoms with Crippen LogP contribution in [0.5, 0.6) is 0 Å². The smallest absolute Gasteiger partial charge is 0.235 e. The highest BCUT2D eigenvalue weighted by Crippen LogP contribution is 2.27. The van der Waals surface area contributed by atoms with E-state index in [2.05, 4.69) is 10.6 Å². The lowest BCUT2D eigenvalue weighted by atomic mass is 10.2. The molecule has 2 N–H and O–H groups in total. The fourth-order valence-corrected chi connectivity index (χ4v) is 3.57. The number of nitrogens with one attached hydrogen (secondary N) is 2. The number of hydrogen-bond acceptors (Lipinski definition) is 2. The van der Waals surface area contributed by atoms with Crippen LogP contribution in [0.25, 0.3) is 0 Å². The Hall–Kier alpha value is -1.62. The lowest BCUT2D eigenvalue weighted by molar-refractivity contribution is -0.129. The second-order valence-corrected chi connectivity index (χ2v) is 6.33. The molecule has 18 heavy (non-hydrogen) atoms. The van der Waals surface area contributed by atoms with E-state index in [4.69, 9.17) is 0 Å². The molecular weight excluding hydrogens is 248 g/mol. The summed E-state index contributed by atoms with van der Waals surface area (Å²) in [5.74, 6) is 0.387. The zero-order chi connectivity index (χ0) is 13.1. The second-order valence-electron chi connectivity index (χ2n) is 4.09. The van der Waals surface area contributed by atoms with Crippen LogP contribution >= 0.6 is 10.5 Å². The van der Waals surface area contributed by atoms with Crippen molar-refractivity contribution in [3.63, 3.8) is 0 Å². The molecule has 96 valence electrons. The Morgan fingerprint density at radius 1 is 1.11 bits per heavy atom. The number of rotatable bonds is 2. The molecule has 1 unspecified atom stereocenters. The van der Waals surface area contributed by atoms with Crippen LogP contribution in [0.15, 0.2) is 29.2 Å². The maximum atomic E-state index is 11.4. The van der Waals surface area contributed by atoms with Crippen LogP contribution in [0.4, 0.5) is 0 Å². The molecule has 0 saturated carbocycles. The Morgan fingerprint density at radius 2 is 1.67 bits per heavy atom. The molecule has 0 radical (unpaired) electrons. The first-order valence-corrected chi connectivity index (χ1v) is 7.23. The second kappa shape index (κ2) is 5.35. The number of benzene rings is 1. The third-order valence-electron chi connectivity index (χ3n) is 2.67. The molecule has 1 saturated heterocycles. The maximum absolute atomic E-state index is 11.4. The average Bonchev–Trinajstić information content (AvgIpc) is 2.31. The van der Waals surface area contributed by atoms with Crippen LogP contribution in [0, 0.1) is 6.92 Å². The standard InChI is InChI=1S/C13H16N2O2S/c1-3-18(10-6-4-9(2)5-7-10)13-14-11(16)8-12(17)15-13/h4-7H,3,8H2,1-2H3,(H,14,16)(H,15,17). The molecule has 1 aliphatic rings. The largest absolute Gasteiger partial charge is 0.307 e. The molecule has 0 bridgehead atoms. The van der Waals surface area contributed by atoms with Crippen molar-refractivity contribution >= 4 is 27.4 Å². The number of carbonyl (C=O) groups excluding carboxylic acids is 2. The highest BCUT2D eigenvalue weighted by molar-refractivity contribution is 8.16. The van der Waals surface area contributed by atoms with Crippen molar-refractivity contribution in [2.45, 2.75) is 25.2 Å². The third kappa shape index (κ3) is 2.79. The molecule has 1 atom stereocenters. The lowest BCUT2D eigenvalue weighted by Crippen LogP contribution is -2.50. The van der Waals surface area contributed by atoms with E-state index in [1.54, 1.807) is 0 Å². The van der Waals surface area contributed by atoms with Gasteiger partial charge in [0.15, 0.2) is 0 Å². The molecule has 1 aromatic carbocycles. The van der Waals surface area contributed by atoms with Crippen LogP contribution in [-0.4, -0.2) is 22.7 Å². The minimum Gasteiger partial charge on any atom is -0.307 e. The molecule has 0 spiro atoms. The Bertz CT molecular complexity index is 502. The van der Waals surface area contributed by atoms with E-state index in [9.17, 15) is 9.59 Å². The fourth-order valence-electron chi connectivity index (χ4n) is 1.77.